The molecule has 0 aromatic carbocycles. The predicted octanol–water partition coefficient (Wildman–Crippen LogP) is 2.91. The van der Waals surface area contributed by atoms with Crippen LogP contribution in [0.2, 0.25) is 0 Å². The number of piperidine rings is 1. The van der Waals surface area contributed by atoms with E-state index in [1.165, 1.54) is 4.88 Å². The number of likely N-dealkylation sites (tertiary alicyclic amines) is 2. The predicted molar refractivity (Wildman–Crippen MR) is 90.9 cm³/mol. The molecule has 0 unspecified atom stereocenters. The van der Waals surface area contributed by atoms with Crippen LogP contribution in [0.15, 0.2) is 42.0 Å². The van der Waals surface area contributed by atoms with Crippen molar-refractivity contribution in [1.29, 1.82) is 0 Å². The molecule has 0 radical (unpaired) electrons. The molecule has 23 heavy (non-hydrogen) atoms. The summed E-state index contributed by atoms with van der Waals surface area (Å²) in [5, 5.41) is 2.14. The molecule has 4 nitrogen and oxygen atoms in total. The molecule has 4 heterocycles. The van der Waals surface area contributed by atoms with Gasteiger partial charge in [0.2, 0.25) is 5.91 Å². The van der Waals surface area contributed by atoms with Crippen LogP contribution >= 0.6 is 11.3 Å². The van der Waals surface area contributed by atoms with Crippen LogP contribution in [0.5, 0.6) is 0 Å². The molecule has 0 aliphatic carbocycles. The van der Waals surface area contributed by atoms with Gasteiger partial charge in [-0.05, 0) is 35.9 Å². The third kappa shape index (κ3) is 3.03. The van der Waals surface area contributed by atoms with Gasteiger partial charge in [-0.1, -0.05) is 12.1 Å². The molecule has 0 spiro atoms. The number of carbonyl (C=O) groups excluding carboxylic acids is 1. The third-order valence-electron chi connectivity index (χ3n) is 5.01. The van der Waals surface area contributed by atoms with Gasteiger partial charge in [0, 0.05) is 55.4 Å². The lowest BCUT2D eigenvalue weighted by molar-refractivity contribution is -0.138. The highest BCUT2D eigenvalue weighted by atomic mass is 32.1. The summed E-state index contributed by atoms with van der Waals surface area (Å²) in [6.45, 7) is 2.80. The minimum Gasteiger partial charge on any atom is -0.334 e. The van der Waals surface area contributed by atoms with Gasteiger partial charge in [-0.3, -0.25) is 14.7 Å². The van der Waals surface area contributed by atoms with Gasteiger partial charge >= 0.3 is 0 Å². The fourth-order valence-corrected chi connectivity index (χ4v) is 4.66. The van der Waals surface area contributed by atoms with Crippen molar-refractivity contribution < 1.29 is 4.79 Å². The number of amides is 1. The first-order valence-electron chi connectivity index (χ1n) is 8.26. The van der Waals surface area contributed by atoms with Gasteiger partial charge in [-0.2, -0.15) is 0 Å². The highest BCUT2D eigenvalue weighted by Crippen LogP contribution is 2.33. The largest absolute Gasteiger partial charge is 0.334 e. The minimum atomic E-state index is 0.299. The van der Waals surface area contributed by atoms with E-state index in [0.29, 0.717) is 31.0 Å². The summed E-state index contributed by atoms with van der Waals surface area (Å²) in [6.07, 6.45) is 6.40. The molecule has 2 aliphatic rings. The number of thiophene rings is 1. The number of hydrogen-bond donors (Lipinski definition) is 0. The molecule has 0 N–H and O–H groups in total. The SMILES string of the molecule is O=C1CC[C@H]2[C@H](CCN2Cc2cccs2)N1Cc1cccnc1. The van der Waals surface area contributed by atoms with Gasteiger partial charge in [0.1, 0.15) is 0 Å². The lowest BCUT2D eigenvalue weighted by Crippen LogP contribution is -2.51. The second kappa shape index (κ2) is 6.42. The van der Waals surface area contributed by atoms with Gasteiger partial charge in [-0.25, -0.2) is 0 Å². The topological polar surface area (TPSA) is 36.4 Å². The molecular formula is C18H21N3OS. The van der Waals surface area contributed by atoms with Gasteiger partial charge in [0.05, 0.1) is 0 Å². The van der Waals surface area contributed by atoms with Gasteiger partial charge < -0.3 is 4.90 Å². The van der Waals surface area contributed by atoms with Crippen molar-refractivity contribution in [2.24, 2.45) is 0 Å². The molecule has 2 aromatic heterocycles. The first-order valence-corrected chi connectivity index (χ1v) is 9.14. The summed E-state index contributed by atoms with van der Waals surface area (Å²) in [5.74, 6) is 0.299. The number of aromatic nitrogens is 1. The van der Waals surface area contributed by atoms with Crippen LogP contribution in [0.3, 0.4) is 0 Å². The summed E-state index contributed by atoms with van der Waals surface area (Å²) in [7, 11) is 0. The molecule has 120 valence electrons. The summed E-state index contributed by atoms with van der Waals surface area (Å²) in [5.41, 5.74) is 1.12. The Morgan fingerprint density at radius 2 is 2.13 bits per heavy atom. The van der Waals surface area contributed by atoms with Crippen molar-refractivity contribution in [2.75, 3.05) is 6.54 Å². The normalized spacial score (nSPS) is 24.9. The molecule has 2 atom stereocenters. The summed E-state index contributed by atoms with van der Waals surface area (Å²) in [4.78, 5) is 22.7. The minimum absolute atomic E-state index is 0.299. The van der Waals surface area contributed by atoms with Gasteiger partial charge in [0.15, 0.2) is 0 Å². The molecule has 2 saturated heterocycles. The van der Waals surface area contributed by atoms with E-state index in [-0.39, 0.29) is 0 Å². The maximum atomic E-state index is 12.5. The molecule has 4 rings (SSSR count). The molecule has 1 amide bonds. The first kappa shape index (κ1) is 14.8. The van der Waals surface area contributed by atoms with Crippen LogP contribution in [0.4, 0.5) is 0 Å². The second-order valence-electron chi connectivity index (χ2n) is 6.39. The average molecular weight is 327 g/mol. The monoisotopic (exact) mass is 327 g/mol. The third-order valence-corrected chi connectivity index (χ3v) is 5.88. The molecule has 2 fully saturated rings. The lowest BCUT2D eigenvalue weighted by atomic mass is 9.95. The fraction of sp³-hybridized carbons (Fsp3) is 0.444. The van der Waals surface area contributed by atoms with Gasteiger partial charge in [-0.15, -0.1) is 11.3 Å². The Labute approximate surface area is 140 Å². The summed E-state index contributed by atoms with van der Waals surface area (Å²) < 4.78 is 0. The van der Waals surface area contributed by atoms with E-state index in [9.17, 15) is 4.79 Å². The second-order valence-corrected chi connectivity index (χ2v) is 7.43. The van der Waals surface area contributed by atoms with Crippen molar-refractivity contribution in [3.05, 3.63) is 52.5 Å². The van der Waals surface area contributed by atoms with Crippen molar-refractivity contribution >= 4 is 17.2 Å². The average Bonchev–Trinajstić information content (AvgIpc) is 3.22. The van der Waals surface area contributed by atoms with Crippen LogP contribution in [-0.2, 0) is 17.9 Å². The van der Waals surface area contributed by atoms with E-state index in [0.717, 1.165) is 31.5 Å². The Kier molecular flexibility index (Phi) is 4.14. The maximum Gasteiger partial charge on any atom is 0.223 e. The molecule has 5 heteroatoms. The zero-order chi connectivity index (χ0) is 15.6. The highest BCUT2D eigenvalue weighted by molar-refractivity contribution is 7.09. The summed E-state index contributed by atoms with van der Waals surface area (Å²) in [6, 6.07) is 9.19. The highest BCUT2D eigenvalue weighted by Gasteiger charge is 2.42. The fourth-order valence-electron chi connectivity index (χ4n) is 3.93. The first-order chi connectivity index (χ1) is 11.3. The Bertz CT molecular complexity index is 658. The van der Waals surface area contributed by atoms with Crippen molar-refractivity contribution in [1.82, 2.24) is 14.8 Å². The van der Waals surface area contributed by atoms with E-state index < -0.39 is 0 Å². The Morgan fingerprint density at radius 3 is 2.91 bits per heavy atom. The molecule has 0 saturated carbocycles. The summed E-state index contributed by atoms with van der Waals surface area (Å²) >= 11 is 1.82. The Balaban J connectivity index is 1.49. The van der Waals surface area contributed by atoms with Crippen LogP contribution in [0.25, 0.3) is 0 Å². The van der Waals surface area contributed by atoms with Crippen LogP contribution in [0.1, 0.15) is 29.7 Å². The van der Waals surface area contributed by atoms with Crippen LogP contribution < -0.4 is 0 Å². The van der Waals surface area contributed by atoms with E-state index in [2.05, 4.69) is 38.4 Å². The van der Waals surface area contributed by atoms with Gasteiger partial charge in [0.25, 0.3) is 0 Å². The Hall–Kier alpha value is -1.72. The van der Waals surface area contributed by atoms with Crippen molar-refractivity contribution in [3.8, 4) is 0 Å². The van der Waals surface area contributed by atoms with Crippen molar-refractivity contribution in [3.63, 3.8) is 0 Å². The number of rotatable bonds is 4. The van der Waals surface area contributed by atoms with Crippen LogP contribution in [-0.4, -0.2) is 39.3 Å². The van der Waals surface area contributed by atoms with E-state index >= 15 is 0 Å². The zero-order valence-electron chi connectivity index (χ0n) is 13.1. The number of hydrogen-bond acceptors (Lipinski definition) is 4. The maximum absolute atomic E-state index is 12.5. The number of nitrogens with zero attached hydrogens (tertiary/aromatic N) is 3. The van der Waals surface area contributed by atoms with Crippen LogP contribution in [0, 0.1) is 0 Å². The number of fused-ring (bicyclic) bond motifs is 1. The number of pyridine rings is 1. The Morgan fingerprint density at radius 1 is 1.17 bits per heavy atom. The molecule has 2 aromatic rings. The number of carbonyl (C=O) groups is 1. The molecular weight excluding hydrogens is 306 g/mol. The smallest absolute Gasteiger partial charge is 0.223 e. The van der Waals surface area contributed by atoms with E-state index in [1.54, 1.807) is 6.20 Å². The molecule has 2 aliphatic heterocycles. The lowest BCUT2D eigenvalue weighted by Gasteiger charge is -2.39. The van der Waals surface area contributed by atoms with Crippen molar-refractivity contribution in [2.45, 2.75) is 44.4 Å². The quantitative estimate of drug-likeness (QED) is 0.866. The van der Waals surface area contributed by atoms with E-state index in [4.69, 9.17) is 0 Å². The zero-order valence-corrected chi connectivity index (χ0v) is 13.9. The standard InChI is InChI=1S/C18H21N3OS/c22-18-6-5-16-17(21(18)12-14-3-1-8-19-11-14)7-9-20(16)13-15-4-2-10-23-15/h1-4,8,10-11,16-17H,5-7,9,12-13H2/t16-,17-/m0/s1. The molecule has 0 bridgehead atoms. The van der Waals surface area contributed by atoms with E-state index in [1.807, 2.05) is 23.6 Å².